The zero-order chi connectivity index (χ0) is 35.2. The van der Waals surface area contributed by atoms with Crippen molar-refractivity contribution >= 4 is 34.6 Å². The van der Waals surface area contributed by atoms with E-state index in [1.165, 1.54) is 5.56 Å². The van der Waals surface area contributed by atoms with Crippen LogP contribution in [0.1, 0.15) is 92.3 Å². The summed E-state index contributed by atoms with van der Waals surface area (Å²) in [5.41, 5.74) is 10.4. The van der Waals surface area contributed by atoms with Gasteiger partial charge in [-0.15, -0.1) is 0 Å². The van der Waals surface area contributed by atoms with Crippen molar-refractivity contribution in [1.82, 2.24) is 14.8 Å². The molecule has 0 spiro atoms. The number of para-hydroxylation sites is 1. The summed E-state index contributed by atoms with van der Waals surface area (Å²) in [5.74, 6) is -2.25. The molecule has 49 heavy (non-hydrogen) atoms. The Hall–Kier alpha value is -4.92. The van der Waals surface area contributed by atoms with Gasteiger partial charge in [-0.3, -0.25) is 19.2 Å². The normalized spacial score (nSPS) is 12.4. The van der Waals surface area contributed by atoms with Gasteiger partial charge in [0.1, 0.15) is 6.04 Å². The maximum absolute atomic E-state index is 14.5. The highest BCUT2D eigenvalue weighted by molar-refractivity contribution is 6.08. The summed E-state index contributed by atoms with van der Waals surface area (Å²) < 4.78 is 2.02. The molecule has 260 valence electrons. The maximum atomic E-state index is 14.5. The molecule has 1 aromatic heterocycles. The highest BCUT2D eigenvalue weighted by atomic mass is 16.4. The number of primary amides is 1. The number of carboxylic acid groups (broad SMARTS) is 1. The lowest BCUT2D eigenvalue weighted by molar-refractivity contribution is -0.139. The number of nitrogens with one attached hydrogen (secondary N) is 1. The van der Waals surface area contributed by atoms with Crippen molar-refractivity contribution in [2.45, 2.75) is 96.7 Å². The predicted molar refractivity (Wildman–Crippen MR) is 193 cm³/mol. The van der Waals surface area contributed by atoms with Crippen molar-refractivity contribution in [2.75, 3.05) is 6.54 Å². The number of benzene rings is 3. The molecular weight excluding hydrogens is 616 g/mol. The second kappa shape index (κ2) is 18.6. The summed E-state index contributed by atoms with van der Waals surface area (Å²) in [4.78, 5) is 54.0. The summed E-state index contributed by atoms with van der Waals surface area (Å²) >= 11 is 0. The Morgan fingerprint density at radius 1 is 0.837 bits per heavy atom. The summed E-state index contributed by atoms with van der Waals surface area (Å²) in [6.45, 7) is 5.13. The Morgan fingerprint density at radius 2 is 1.51 bits per heavy atom. The van der Waals surface area contributed by atoms with Crippen molar-refractivity contribution < 1.29 is 24.3 Å². The monoisotopic (exact) mass is 666 g/mol. The van der Waals surface area contributed by atoms with E-state index in [2.05, 4.69) is 24.4 Å². The van der Waals surface area contributed by atoms with E-state index in [0.29, 0.717) is 31.5 Å². The van der Waals surface area contributed by atoms with E-state index in [4.69, 9.17) is 5.73 Å². The second-order valence-corrected chi connectivity index (χ2v) is 12.8. The van der Waals surface area contributed by atoms with Gasteiger partial charge in [0.25, 0.3) is 5.91 Å². The molecule has 0 unspecified atom stereocenters. The molecule has 9 heteroatoms. The highest BCUT2D eigenvalue weighted by Gasteiger charge is 2.32. The van der Waals surface area contributed by atoms with Gasteiger partial charge in [-0.25, -0.2) is 0 Å². The minimum absolute atomic E-state index is 0.0319. The second-order valence-electron chi connectivity index (χ2n) is 12.8. The molecule has 4 aromatic rings. The number of unbranched alkanes of at least 4 members (excludes halogenated alkanes) is 2. The number of carbonyl (C=O) groups is 4. The van der Waals surface area contributed by atoms with Crippen LogP contribution in [0, 0.1) is 0 Å². The lowest BCUT2D eigenvalue weighted by atomic mass is 9.97. The Balaban J connectivity index is 1.64. The number of nitrogens with two attached hydrogens (primary N) is 1. The van der Waals surface area contributed by atoms with E-state index in [9.17, 15) is 24.3 Å². The summed E-state index contributed by atoms with van der Waals surface area (Å²) in [6, 6.07) is 24.3. The number of fused-ring (bicyclic) bond motifs is 1. The predicted octanol–water partition coefficient (Wildman–Crippen LogP) is 6.50. The van der Waals surface area contributed by atoms with Crippen LogP contribution in [0.15, 0.2) is 85.1 Å². The average molecular weight is 667 g/mol. The van der Waals surface area contributed by atoms with Crippen LogP contribution < -0.4 is 11.1 Å². The van der Waals surface area contributed by atoms with Crippen LogP contribution in [0.25, 0.3) is 10.9 Å². The largest absolute Gasteiger partial charge is 0.481 e. The molecule has 3 aromatic carbocycles. The van der Waals surface area contributed by atoms with Gasteiger partial charge in [0.15, 0.2) is 0 Å². The fourth-order valence-electron chi connectivity index (χ4n) is 6.31. The third-order valence-corrected chi connectivity index (χ3v) is 8.94. The van der Waals surface area contributed by atoms with Crippen molar-refractivity contribution in [1.29, 1.82) is 0 Å². The molecule has 0 saturated carbocycles. The molecule has 0 aliphatic carbocycles. The third-order valence-electron chi connectivity index (χ3n) is 8.94. The van der Waals surface area contributed by atoms with Crippen molar-refractivity contribution in [3.63, 3.8) is 0 Å². The molecule has 9 nitrogen and oxygen atoms in total. The molecule has 0 fully saturated rings. The van der Waals surface area contributed by atoms with Gasteiger partial charge in [0.2, 0.25) is 11.8 Å². The molecule has 4 rings (SSSR count). The number of aromatic nitrogens is 1. The molecule has 0 aliphatic rings. The fourth-order valence-corrected chi connectivity index (χ4v) is 6.31. The van der Waals surface area contributed by atoms with Gasteiger partial charge in [-0.05, 0) is 61.3 Å². The first kappa shape index (κ1) is 36.9. The maximum Gasteiger partial charge on any atom is 0.303 e. The standard InChI is InChI=1S/C40H50N4O5/c1-3-5-13-29-20-22-30(23-21-29)25-32(26-37(41)45)44(24-6-4-2)40(49)35(17-12-19-38(46)47)42-39(48)34-28-43(27-31-14-8-7-9-15-31)36-18-11-10-16-33(34)36/h7-11,14-16,18,20-23,28,32,35H,3-6,12-13,17,19,24-27H2,1-2H3,(H2,41,45)(H,42,48)(H,46,47)/t32-,35-/m0/s1. The third kappa shape index (κ3) is 10.8. The smallest absolute Gasteiger partial charge is 0.303 e. The molecule has 0 bridgehead atoms. The first-order valence-corrected chi connectivity index (χ1v) is 17.5. The van der Waals surface area contributed by atoms with E-state index < -0.39 is 29.9 Å². The number of aliphatic carboxylic acids is 1. The average Bonchev–Trinajstić information content (AvgIpc) is 3.45. The van der Waals surface area contributed by atoms with Crippen molar-refractivity contribution in [3.05, 3.63) is 107 Å². The highest BCUT2D eigenvalue weighted by Crippen LogP contribution is 2.24. The van der Waals surface area contributed by atoms with Crippen molar-refractivity contribution in [3.8, 4) is 0 Å². The van der Waals surface area contributed by atoms with Crippen LogP contribution in [0.5, 0.6) is 0 Å². The topological polar surface area (TPSA) is 135 Å². The Morgan fingerprint density at radius 3 is 2.18 bits per heavy atom. The number of carbonyl (C=O) groups excluding carboxylic acids is 3. The zero-order valence-corrected chi connectivity index (χ0v) is 28.8. The van der Waals surface area contributed by atoms with Crippen LogP contribution in [-0.2, 0) is 33.8 Å². The lowest BCUT2D eigenvalue weighted by Gasteiger charge is -2.34. The van der Waals surface area contributed by atoms with Crippen molar-refractivity contribution in [2.24, 2.45) is 5.73 Å². The van der Waals surface area contributed by atoms with E-state index in [1.807, 2.05) is 78.2 Å². The number of aryl methyl sites for hydroxylation is 1. The van der Waals surface area contributed by atoms with E-state index in [0.717, 1.165) is 47.7 Å². The molecule has 0 aliphatic heterocycles. The lowest BCUT2D eigenvalue weighted by Crippen LogP contribution is -2.53. The first-order chi connectivity index (χ1) is 23.7. The Labute approximate surface area is 289 Å². The van der Waals surface area contributed by atoms with Crippen LogP contribution in [0.2, 0.25) is 0 Å². The van der Waals surface area contributed by atoms with Gasteiger partial charge < -0.3 is 25.6 Å². The van der Waals surface area contributed by atoms with Gasteiger partial charge in [-0.1, -0.05) is 99.5 Å². The van der Waals surface area contributed by atoms with Crippen LogP contribution in [0.4, 0.5) is 0 Å². The Bertz CT molecular complexity index is 1680. The number of hydrogen-bond donors (Lipinski definition) is 3. The summed E-state index contributed by atoms with van der Waals surface area (Å²) in [6.07, 6.45) is 7.11. The SMILES string of the molecule is CCCCc1ccc(C[C@@H](CC(N)=O)N(CCCC)C(=O)[C@H](CCCC(=O)O)NC(=O)c2cn(Cc3ccccc3)c3ccccc23)cc1. The number of carboxylic acids is 1. The molecule has 3 amide bonds. The summed E-state index contributed by atoms with van der Waals surface area (Å²) in [7, 11) is 0. The van der Waals surface area contributed by atoms with Crippen LogP contribution in [0.3, 0.4) is 0 Å². The zero-order valence-electron chi connectivity index (χ0n) is 28.8. The minimum atomic E-state index is -0.994. The van der Waals surface area contributed by atoms with Gasteiger partial charge >= 0.3 is 5.97 Å². The van der Waals surface area contributed by atoms with E-state index in [-0.39, 0.29) is 31.6 Å². The Kier molecular flexibility index (Phi) is 14.0. The molecule has 0 radical (unpaired) electrons. The summed E-state index contributed by atoms with van der Waals surface area (Å²) in [5, 5.41) is 13.1. The molecule has 1 heterocycles. The number of nitrogens with zero attached hydrogens (tertiary/aromatic N) is 2. The van der Waals surface area contributed by atoms with Crippen LogP contribution >= 0.6 is 0 Å². The number of rotatable bonds is 20. The van der Waals surface area contributed by atoms with Gasteiger partial charge in [0, 0.05) is 49.1 Å². The first-order valence-electron chi connectivity index (χ1n) is 17.5. The minimum Gasteiger partial charge on any atom is -0.481 e. The fraction of sp³-hybridized carbons (Fsp3) is 0.400. The molecule has 0 saturated heterocycles. The number of amides is 3. The van der Waals surface area contributed by atoms with E-state index >= 15 is 0 Å². The molecular formula is C40H50N4O5. The van der Waals surface area contributed by atoms with E-state index in [1.54, 1.807) is 11.1 Å². The number of hydrogen-bond acceptors (Lipinski definition) is 4. The van der Waals surface area contributed by atoms with Crippen LogP contribution in [-0.4, -0.2) is 56.9 Å². The van der Waals surface area contributed by atoms with Gasteiger partial charge in [0.05, 0.1) is 5.56 Å². The molecule has 2 atom stereocenters. The molecule has 4 N–H and O–H groups in total. The quantitative estimate of drug-likeness (QED) is 0.0990. The van der Waals surface area contributed by atoms with Gasteiger partial charge in [-0.2, -0.15) is 0 Å².